The molecule has 0 radical (unpaired) electrons. The molecule has 0 fully saturated rings. The molecule has 1 aliphatic rings. The minimum absolute atomic E-state index is 0.167. The van der Waals surface area contributed by atoms with Gasteiger partial charge in [0.05, 0.1) is 5.69 Å². The van der Waals surface area contributed by atoms with Crippen LogP contribution < -0.4 is 4.74 Å². The molecule has 21 heavy (non-hydrogen) atoms. The van der Waals surface area contributed by atoms with Crippen molar-refractivity contribution in [1.82, 2.24) is 10.2 Å². The number of hydrogen-bond acceptors (Lipinski definition) is 5. The van der Waals surface area contributed by atoms with Gasteiger partial charge in [0.25, 0.3) is 5.88 Å². The zero-order valence-electron chi connectivity index (χ0n) is 11.8. The van der Waals surface area contributed by atoms with Crippen molar-refractivity contribution in [2.24, 2.45) is 0 Å². The normalized spacial score (nSPS) is 12.9. The van der Waals surface area contributed by atoms with Gasteiger partial charge in [-0.1, -0.05) is 0 Å². The molecule has 1 aliphatic carbocycles. The summed E-state index contributed by atoms with van der Waals surface area (Å²) in [6.45, 7) is 3.62. The molecule has 104 valence electrons. The number of aryl methyl sites for hydroxylation is 2. The van der Waals surface area contributed by atoms with Gasteiger partial charge in [-0.2, -0.15) is 10.4 Å². The topological polar surface area (TPSA) is 75.9 Å². The summed E-state index contributed by atoms with van der Waals surface area (Å²) < 4.78 is 5.69. The molecule has 0 spiro atoms. The maximum absolute atomic E-state index is 11.6. The molecule has 0 amide bonds. The average Bonchev–Trinajstić information content (AvgIpc) is 2.84. The molecular formula is C16H13N3O2. The molecule has 5 nitrogen and oxygen atoms in total. The molecule has 0 bridgehead atoms. The second kappa shape index (κ2) is 4.98. The van der Waals surface area contributed by atoms with Crippen LogP contribution in [0.2, 0.25) is 0 Å². The highest BCUT2D eigenvalue weighted by molar-refractivity contribution is 6.00. The number of ether oxygens (including phenoxy) is 1. The number of nitriles is 1. The third-order valence-electron chi connectivity index (χ3n) is 3.75. The van der Waals surface area contributed by atoms with E-state index in [2.05, 4.69) is 16.3 Å². The summed E-state index contributed by atoms with van der Waals surface area (Å²) in [5.74, 6) is 0.933. The van der Waals surface area contributed by atoms with E-state index >= 15 is 0 Å². The maximum atomic E-state index is 11.6. The number of nitrogens with zero attached hydrogens (tertiary/aromatic N) is 3. The van der Waals surface area contributed by atoms with Gasteiger partial charge in [-0.25, -0.2) is 0 Å². The van der Waals surface area contributed by atoms with Crippen molar-refractivity contribution in [1.29, 1.82) is 5.26 Å². The Bertz CT molecular complexity index is 791. The van der Waals surface area contributed by atoms with Crippen LogP contribution in [0, 0.1) is 25.2 Å². The van der Waals surface area contributed by atoms with Crippen molar-refractivity contribution in [3.8, 4) is 17.7 Å². The molecule has 1 aromatic heterocycles. The van der Waals surface area contributed by atoms with Crippen molar-refractivity contribution < 1.29 is 9.53 Å². The fourth-order valence-corrected chi connectivity index (χ4v) is 2.40. The quantitative estimate of drug-likeness (QED) is 0.844. The largest absolute Gasteiger partial charge is 0.437 e. The van der Waals surface area contributed by atoms with Gasteiger partial charge in [0.15, 0.2) is 5.78 Å². The molecular weight excluding hydrogens is 266 g/mol. The lowest BCUT2D eigenvalue weighted by Gasteiger charge is -2.09. The summed E-state index contributed by atoms with van der Waals surface area (Å²) in [5, 5.41) is 17.2. The second-order valence-electron chi connectivity index (χ2n) is 5.05. The number of carbonyl (C=O) groups is 1. The van der Waals surface area contributed by atoms with Crippen molar-refractivity contribution >= 4 is 5.78 Å². The lowest BCUT2D eigenvalue weighted by molar-refractivity contribution is 0.0994. The Balaban J connectivity index is 1.97. The van der Waals surface area contributed by atoms with Crippen LogP contribution in [0.25, 0.3) is 0 Å². The number of hydrogen-bond donors (Lipinski definition) is 0. The highest BCUT2D eigenvalue weighted by Gasteiger charge is 2.20. The number of carbonyl (C=O) groups excluding carboxylic acids is 1. The summed E-state index contributed by atoms with van der Waals surface area (Å²) in [6, 6.07) is 7.42. The SMILES string of the molecule is Cc1nnc(Oc2ccc3c(c2)CCC3=O)c(C#N)c1C. The second-order valence-corrected chi connectivity index (χ2v) is 5.05. The standard InChI is InChI=1S/C16H13N3O2/c1-9-10(2)18-19-16(14(9)8-17)21-12-4-5-13-11(7-12)3-6-15(13)20/h4-5,7H,3,6H2,1-2H3. The van der Waals surface area contributed by atoms with E-state index in [1.54, 1.807) is 19.1 Å². The molecule has 0 N–H and O–H groups in total. The molecule has 0 saturated carbocycles. The predicted octanol–water partition coefficient (Wildman–Crippen LogP) is 2.89. The molecule has 0 saturated heterocycles. The monoisotopic (exact) mass is 279 g/mol. The van der Waals surface area contributed by atoms with Gasteiger partial charge in [-0.3, -0.25) is 4.79 Å². The van der Waals surface area contributed by atoms with Gasteiger partial charge in [0.2, 0.25) is 0 Å². The highest BCUT2D eigenvalue weighted by Crippen LogP contribution is 2.30. The van der Waals surface area contributed by atoms with Gasteiger partial charge in [-0.15, -0.1) is 5.10 Å². The van der Waals surface area contributed by atoms with Crippen molar-refractivity contribution in [2.45, 2.75) is 26.7 Å². The first-order chi connectivity index (χ1) is 10.1. The molecule has 0 aliphatic heterocycles. The van der Waals surface area contributed by atoms with E-state index in [0.717, 1.165) is 23.1 Å². The fourth-order valence-electron chi connectivity index (χ4n) is 2.40. The van der Waals surface area contributed by atoms with Crippen LogP contribution in [0.4, 0.5) is 0 Å². The van der Waals surface area contributed by atoms with E-state index in [4.69, 9.17) is 4.74 Å². The number of benzene rings is 1. The number of fused-ring (bicyclic) bond motifs is 1. The Hall–Kier alpha value is -2.74. The summed E-state index contributed by atoms with van der Waals surface area (Å²) in [6.07, 6.45) is 1.28. The summed E-state index contributed by atoms with van der Waals surface area (Å²) >= 11 is 0. The molecule has 0 atom stereocenters. The van der Waals surface area contributed by atoms with E-state index in [-0.39, 0.29) is 11.7 Å². The van der Waals surface area contributed by atoms with Crippen LogP contribution >= 0.6 is 0 Å². The van der Waals surface area contributed by atoms with Gasteiger partial charge in [0, 0.05) is 12.0 Å². The van der Waals surface area contributed by atoms with Gasteiger partial charge < -0.3 is 4.74 Å². The third kappa shape index (κ3) is 2.25. The predicted molar refractivity (Wildman–Crippen MR) is 75.4 cm³/mol. The van der Waals surface area contributed by atoms with Crippen LogP contribution in [-0.4, -0.2) is 16.0 Å². The summed E-state index contributed by atoms with van der Waals surface area (Å²) in [4.78, 5) is 11.6. The van der Waals surface area contributed by atoms with E-state index < -0.39 is 0 Å². The van der Waals surface area contributed by atoms with E-state index in [9.17, 15) is 10.1 Å². The molecule has 2 aromatic rings. The first kappa shape index (κ1) is 13.3. The average molecular weight is 279 g/mol. The Morgan fingerprint density at radius 3 is 2.81 bits per heavy atom. The zero-order chi connectivity index (χ0) is 15.0. The minimum atomic E-state index is 0.167. The lowest BCUT2D eigenvalue weighted by Crippen LogP contribution is -2.01. The van der Waals surface area contributed by atoms with Crippen molar-refractivity contribution in [2.75, 3.05) is 0 Å². The van der Waals surface area contributed by atoms with Crippen molar-refractivity contribution in [3.63, 3.8) is 0 Å². The van der Waals surface area contributed by atoms with Crippen LogP contribution in [0.15, 0.2) is 18.2 Å². The van der Waals surface area contributed by atoms with Gasteiger partial charge in [0.1, 0.15) is 17.4 Å². The van der Waals surface area contributed by atoms with Crippen LogP contribution in [0.3, 0.4) is 0 Å². The Kier molecular flexibility index (Phi) is 3.15. The number of aromatic nitrogens is 2. The van der Waals surface area contributed by atoms with E-state index in [1.165, 1.54) is 0 Å². The molecule has 3 rings (SSSR count). The van der Waals surface area contributed by atoms with Gasteiger partial charge in [-0.05, 0) is 49.6 Å². The summed E-state index contributed by atoms with van der Waals surface area (Å²) in [7, 11) is 0. The Labute approximate surface area is 122 Å². The summed E-state index contributed by atoms with van der Waals surface area (Å²) in [5.41, 5.74) is 3.60. The first-order valence-corrected chi connectivity index (χ1v) is 6.68. The Morgan fingerprint density at radius 2 is 2.05 bits per heavy atom. The van der Waals surface area contributed by atoms with Crippen LogP contribution in [0.1, 0.15) is 39.2 Å². The first-order valence-electron chi connectivity index (χ1n) is 6.68. The minimum Gasteiger partial charge on any atom is -0.437 e. The smallest absolute Gasteiger partial charge is 0.257 e. The molecule has 0 unspecified atom stereocenters. The maximum Gasteiger partial charge on any atom is 0.257 e. The lowest BCUT2D eigenvalue weighted by atomic mass is 10.1. The number of rotatable bonds is 2. The zero-order valence-corrected chi connectivity index (χ0v) is 11.8. The molecule has 1 aromatic carbocycles. The number of ketones is 1. The van der Waals surface area contributed by atoms with Crippen LogP contribution in [-0.2, 0) is 6.42 Å². The van der Waals surface area contributed by atoms with E-state index in [1.807, 2.05) is 13.0 Å². The van der Waals surface area contributed by atoms with E-state index in [0.29, 0.717) is 23.4 Å². The molecule has 5 heteroatoms. The van der Waals surface area contributed by atoms with Gasteiger partial charge >= 0.3 is 0 Å². The third-order valence-corrected chi connectivity index (χ3v) is 3.75. The number of Topliss-reactive ketones (excluding diaryl/α,β-unsaturated/α-hetero) is 1. The highest BCUT2D eigenvalue weighted by atomic mass is 16.5. The fraction of sp³-hybridized carbons (Fsp3) is 0.250. The molecule has 1 heterocycles. The van der Waals surface area contributed by atoms with Crippen LogP contribution in [0.5, 0.6) is 11.6 Å². The Morgan fingerprint density at radius 1 is 1.24 bits per heavy atom. The van der Waals surface area contributed by atoms with Crippen molar-refractivity contribution in [3.05, 3.63) is 46.1 Å².